The summed E-state index contributed by atoms with van der Waals surface area (Å²) in [4.78, 5) is 13.8. The van der Waals surface area contributed by atoms with Crippen molar-refractivity contribution in [3.63, 3.8) is 0 Å². The van der Waals surface area contributed by atoms with Crippen LogP contribution in [0.2, 0.25) is 0 Å². The van der Waals surface area contributed by atoms with Crippen molar-refractivity contribution < 1.29 is 9.53 Å². The van der Waals surface area contributed by atoms with E-state index in [9.17, 15) is 4.79 Å². The van der Waals surface area contributed by atoms with Gasteiger partial charge in [0.25, 0.3) is 0 Å². The van der Waals surface area contributed by atoms with Gasteiger partial charge in [-0.3, -0.25) is 4.79 Å². The van der Waals surface area contributed by atoms with Crippen LogP contribution in [-0.4, -0.2) is 50.7 Å². The van der Waals surface area contributed by atoms with Crippen molar-refractivity contribution in [2.45, 2.75) is 26.3 Å². The van der Waals surface area contributed by atoms with Gasteiger partial charge in [0.1, 0.15) is 0 Å². The van der Waals surface area contributed by atoms with Crippen molar-refractivity contribution in [2.24, 2.45) is 5.41 Å². The lowest BCUT2D eigenvalue weighted by atomic mass is 9.89. The van der Waals surface area contributed by atoms with Crippen LogP contribution in [0.4, 0.5) is 0 Å². The SMILES string of the molecule is COC(=O)C(C)(C)CCN(C)C1CNC1. The Morgan fingerprint density at radius 2 is 2.13 bits per heavy atom. The van der Waals surface area contributed by atoms with Crippen molar-refractivity contribution in [3.05, 3.63) is 0 Å². The molecule has 1 aliphatic heterocycles. The van der Waals surface area contributed by atoms with Crippen molar-refractivity contribution in [1.29, 1.82) is 0 Å². The van der Waals surface area contributed by atoms with Gasteiger partial charge in [-0.05, 0) is 33.9 Å². The second kappa shape index (κ2) is 4.94. The lowest BCUT2D eigenvalue weighted by molar-refractivity contribution is -0.151. The van der Waals surface area contributed by atoms with Gasteiger partial charge in [-0.15, -0.1) is 0 Å². The fourth-order valence-electron chi connectivity index (χ4n) is 1.60. The fourth-order valence-corrected chi connectivity index (χ4v) is 1.60. The molecule has 1 rings (SSSR count). The summed E-state index contributed by atoms with van der Waals surface area (Å²) in [6.07, 6.45) is 0.840. The number of rotatable bonds is 5. The van der Waals surface area contributed by atoms with Crippen molar-refractivity contribution >= 4 is 5.97 Å². The molecule has 1 aliphatic rings. The Bertz CT molecular complexity index is 225. The summed E-state index contributed by atoms with van der Waals surface area (Å²) in [5, 5.41) is 3.24. The summed E-state index contributed by atoms with van der Waals surface area (Å²) in [5.41, 5.74) is -0.375. The maximum atomic E-state index is 11.4. The Kier molecular flexibility index (Phi) is 4.11. The van der Waals surface area contributed by atoms with Crippen molar-refractivity contribution in [2.75, 3.05) is 33.8 Å². The number of nitrogens with one attached hydrogen (secondary N) is 1. The maximum absolute atomic E-state index is 11.4. The number of carbonyl (C=O) groups is 1. The van der Waals surface area contributed by atoms with E-state index in [0.717, 1.165) is 26.1 Å². The minimum absolute atomic E-state index is 0.123. The van der Waals surface area contributed by atoms with Crippen LogP contribution in [-0.2, 0) is 9.53 Å². The molecular weight excluding hydrogens is 192 g/mol. The molecule has 0 unspecified atom stereocenters. The molecule has 0 aliphatic carbocycles. The molecule has 0 aromatic carbocycles. The minimum atomic E-state index is -0.375. The van der Waals surface area contributed by atoms with Gasteiger partial charge >= 0.3 is 5.97 Å². The molecule has 0 radical (unpaired) electrons. The standard InChI is InChI=1S/C11H22N2O2/c1-11(2,10(14)15-4)5-6-13(3)9-7-12-8-9/h9,12H,5-8H2,1-4H3. The third kappa shape index (κ3) is 3.18. The number of methoxy groups -OCH3 is 1. The number of carbonyl (C=O) groups excluding carboxylic acids is 1. The van der Waals surface area contributed by atoms with E-state index in [1.165, 1.54) is 7.11 Å². The number of esters is 1. The highest BCUT2D eigenvalue weighted by molar-refractivity contribution is 5.75. The zero-order valence-electron chi connectivity index (χ0n) is 10.2. The van der Waals surface area contributed by atoms with Crippen molar-refractivity contribution in [1.82, 2.24) is 10.2 Å². The van der Waals surface area contributed by atoms with Gasteiger partial charge in [-0.1, -0.05) is 0 Å². The van der Waals surface area contributed by atoms with Gasteiger partial charge in [0.2, 0.25) is 0 Å². The predicted octanol–water partition coefficient (Wildman–Crippen LogP) is 0.479. The van der Waals surface area contributed by atoms with Gasteiger partial charge in [-0.2, -0.15) is 0 Å². The van der Waals surface area contributed by atoms with Gasteiger partial charge in [-0.25, -0.2) is 0 Å². The molecular formula is C11H22N2O2. The quantitative estimate of drug-likeness (QED) is 0.676. The highest BCUT2D eigenvalue weighted by Gasteiger charge is 2.30. The van der Waals surface area contributed by atoms with E-state index in [4.69, 9.17) is 4.74 Å². The van der Waals surface area contributed by atoms with E-state index in [-0.39, 0.29) is 11.4 Å². The lowest BCUT2D eigenvalue weighted by Crippen LogP contribution is -2.56. The second-order valence-corrected chi connectivity index (χ2v) is 4.92. The van der Waals surface area contributed by atoms with E-state index < -0.39 is 0 Å². The highest BCUT2D eigenvalue weighted by Crippen LogP contribution is 2.22. The van der Waals surface area contributed by atoms with Crippen LogP contribution < -0.4 is 5.32 Å². The van der Waals surface area contributed by atoms with Gasteiger partial charge in [0.15, 0.2) is 0 Å². The molecule has 0 amide bonds. The second-order valence-electron chi connectivity index (χ2n) is 4.92. The highest BCUT2D eigenvalue weighted by atomic mass is 16.5. The summed E-state index contributed by atoms with van der Waals surface area (Å²) in [5.74, 6) is -0.123. The fraction of sp³-hybridized carbons (Fsp3) is 0.909. The minimum Gasteiger partial charge on any atom is -0.469 e. The number of ether oxygens (including phenoxy) is 1. The molecule has 0 aromatic heterocycles. The molecule has 15 heavy (non-hydrogen) atoms. The van der Waals surface area contributed by atoms with E-state index >= 15 is 0 Å². The smallest absolute Gasteiger partial charge is 0.311 e. The molecule has 1 fully saturated rings. The molecule has 1 heterocycles. The largest absolute Gasteiger partial charge is 0.469 e. The van der Waals surface area contributed by atoms with Crippen LogP contribution >= 0.6 is 0 Å². The monoisotopic (exact) mass is 214 g/mol. The average Bonchev–Trinajstić information content (AvgIpc) is 2.11. The molecule has 4 nitrogen and oxygen atoms in total. The molecule has 1 N–H and O–H groups in total. The third-order valence-electron chi connectivity index (χ3n) is 3.21. The summed E-state index contributed by atoms with van der Waals surface area (Å²) < 4.78 is 4.78. The van der Waals surface area contributed by atoms with Gasteiger partial charge in [0, 0.05) is 19.1 Å². The zero-order valence-corrected chi connectivity index (χ0v) is 10.2. The first-order chi connectivity index (χ1) is 6.97. The summed E-state index contributed by atoms with van der Waals surface area (Å²) in [7, 11) is 3.56. The molecule has 0 atom stereocenters. The van der Waals surface area contributed by atoms with E-state index in [1.54, 1.807) is 0 Å². The van der Waals surface area contributed by atoms with Crippen LogP contribution in [0.5, 0.6) is 0 Å². The van der Waals surface area contributed by atoms with Crippen LogP contribution in [0.1, 0.15) is 20.3 Å². The Morgan fingerprint density at radius 3 is 2.53 bits per heavy atom. The molecule has 0 spiro atoms. The normalized spacial score (nSPS) is 17.7. The Balaban J connectivity index is 2.31. The number of nitrogens with zero attached hydrogens (tertiary/aromatic N) is 1. The molecule has 0 bridgehead atoms. The molecule has 0 saturated carbocycles. The zero-order chi connectivity index (χ0) is 11.5. The summed E-state index contributed by atoms with van der Waals surface area (Å²) >= 11 is 0. The first-order valence-corrected chi connectivity index (χ1v) is 5.47. The predicted molar refractivity (Wildman–Crippen MR) is 59.7 cm³/mol. The average molecular weight is 214 g/mol. The third-order valence-corrected chi connectivity index (χ3v) is 3.21. The van der Waals surface area contributed by atoms with E-state index in [2.05, 4.69) is 17.3 Å². The Hall–Kier alpha value is -0.610. The number of likely N-dealkylation sites (N-methyl/N-ethyl adjacent to an activating group) is 1. The number of hydrogen-bond acceptors (Lipinski definition) is 4. The lowest BCUT2D eigenvalue weighted by Gasteiger charge is -2.37. The van der Waals surface area contributed by atoms with Crippen molar-refractivity contribution in [3.8, 4) is 0 Å². The molecule has 88 valence electrons. The topological polar surface area (TPSA) is 41.6 Å². The van der Waals surface area contributed by atoms with Gasteiger partial charge in [0.05, 0.1) is 12.5 Å². The van der Waals surface area contributed by atoms with Crippen LogP contribution in [0.3, 0.4) is 0 Å². The first-order valence-electron chi connectivity index (χ1n) is 5.47. The summed E-state index contributed by atoms with van der Waals surface area (Å²) in [6.45, 7) is 6.94. The Morgan fingerprint density at radius 1 is 1.53 bits per heavy atom. The molecule has 0 aromatic rings. The van der Waals surface area contributed by atoms with Crippen LogP contribution in [0.15, 0.2) is 0 Å². The maximum Gasteiger partial charge on any atom is 0.311 e. The molecule has 1 saturated heterocycles. The summed E-state index contributed by atoms with van der Waals surface area (Å²) in [6, 6.07) is 0.637. The van der Waals surface area contributed by atoms with E-state index in [0.29, 0.717) is 6.04 Å². The van der Waals surface area contributed by atoms with E-state index in [1.807, 2.05) is 13.8 Å². The van der Waals surface area contributed by atoms with Crippen LogP contribution in [0, 0.1) is 5.41 Å². The Labute approximate surface area is 92.0 Å². The molecule has 4 heteroatoms. The van der Waals surface area contributed by atoms with Crippen LogP contribution in [0.25, 0.3) is 0 Å². The van der Waals surface area contributed by atoms with Gasteiger partial charge < -0.3 is 15.0 Å². The first kappa shape index (κ1) is 12.5. The number of hydrogen-bond donors (Lipinski definition) is 1.